The Balaban J connectivity index is 1.89. The van der Waals surface area contributed by atoms with Crippen molar-refractivity contribution >= 4 is 11.3 Å². The fourth-order valence-corrected chi connectivity index (χ4v) is 3.10. The van der Waals surface area contributed by atoms with E-state index in [4.69, 9.17) is 5.73 Å². The summed E-state index contributed by atoms with van der Waals surface area (Å²) in [5, 5.41) is 0. The summed E-state index contributed by atoms with van der Waals surface area (Å²) in [5.41, 5.74) is 12.8. The molecule has 0 radical (unpaired) electrons. The normalized spacial score (nSPS) is 12.3. The lowest BCUT2D eigenvalue weighted by Crippen LogP contribution is -2.11. The number of nitrogens with two attached hydrogens (primary N) is 1. The second kappa shape index (κ2) is 5.57. The van der Waals surface area contributed by atoms with Crippen LogP contribution in [0.3, 0.4) is 0 Å². The van der Waals surface area contributed by atoms with Gasteiger partial charge in [0.1, 0.15) is 0 Å². The molecule has 0 amide bonds. The van der Waals surface area contributed by atoms with Crippen molar-refractivity contribution in [1.29, 1.82) is 0 Å². The molecule has 0 saturated carbocycles. The zero-order chi connectivity index (χ0) is 13.9. The van der Waals surface area contributed by atoms with Crippen molar-refractivity contribution in [3.8, 4) is 11.1 Å². The minimum atomic E-state index is -0.0904. The lowest BCUT2D eigenvalue weighted by atomic mass is 10.00. The molecule has 1 aromatic heterocycles. The van der Waals surface area contributed by atoms with E-state index in [1.807, 2.05) is 18.5 Å². The summed E-state index contributed by atoms with van der Waals surface area (Å²) >= 11 is 1.62. The molecule has 0 aliphatic carbocycles. The zero-order valence-corrected chi connectivity index (χ0v) is 12.1. The summed E-state index contributed by atoms with van der Waals surface area (Å²) in [6.45, 7) is 2.00. The molecule has 2 nitrogen and oxygen atoms in total. The van der Waals surface area contributed by atoms with Crippen LogP contribution in [-0.2, 0) is 0 Å². The van der Waals surface area contributed by atoms with Crippen molar-refractivity contribution in [2.24, 2.45) is 5.73 Å². The number of nitrogens with zero attached hydrogens (tertiary/aromatic N) is 1. The molecule has 0 aliphatic rings. The Bertz CT molecular complexity index is 687. The van der Waals surface area contributed by atoms with Crippen molar-refractivity contribution in [3.05, 3.63) is 76.2 Å². The molecule has 3 aromatic rings. The third kappa shape index (κ3) is 2.50. The van der Waals surface area contributed by atoms with E-state index in [-0.39, 0.29) is 6.04 Å². The summed E-state index contributed by atoms with van der Waals surface area (Å²) in [5.74, 6) is 0. The molecule has 1 heterocycles. The van der Waals surface area contributed by atoms with Crippen LogP contribution in [0, 0.1) is 6.92 Å². The van der Waals surface area contributed by atoms with Crippen LogP contribution in [0.4, 0.5) is 0 Å². The molecule has 3 heteroatoms. The van der Waals surface area contributed by atoms with Crippen LogP contribution < -0.4 is 5.73 Å². The second-order valence-corrected chi connectivity index (χ2v) is 5.65. The first-order valence-electron chi connectivity index (χ1n) is 6.56. The molecule has 2 aromatic carbocycles. The molecular formula is C17H16N2S. The van der Waals surface area contributed by atoms with Crippen LogP contribution in [0.25, 0.3) is 11.1 Å². The molecule has 0 spiro atoms. The van der Waals surface area contributed by atoms with Crippen LogP contribution in [0.2, 0.25) is 0 Å². The van der Waals surface area contributed by atoms with Gasteiger partial charge < -0.3 is 5.73 Å². The van der Waals surface area contributed by atoms with Crippen molar-refractivity contribution in [2.45, 2.75) is 13.0 Å². The summed E-state index contributed by atoms with van der Waals surface area (Å²) < 4.78 is 0. The van der Waals surface area contributed by atoms with Gasteiger partial charge in [-0.25, -0.2) is 4.98 Å². The lowest BCUT2D eigenvalue weighted by Gasteiger charge is -2.11. The first kappa shape index (κ1) is 13.0. The van der Waals surface area contributed by atoms with Crippen molar-refractivity contribution in [1.82, 2.24) is 4.98 Å². The quantitative estimate of drug-likeness (QED) is 0.782. The van der Waals surface area contributed by atoms with Gasteiger partial charge in [-0.15, -0.1) is 11.3 Å². The van der Waals surface area contributed by atoms with Gasteiger partial charge in [0.15, 0.2) is 0 Å². The number of thiazole rings is 1. The van der Waals surface area contributed by atoms with Gasteiger partial charge in [-0.05, 0) is 23.6 Å². The third-order valence-corrected chi connectivity index (χ3v) is 4.46. The Kier molecular flexibility index (Phi) is 3.63. The molecule has 1 unspecified atom stereocenters. The van der Waals surface area contributed by atoms with E-state index in [1.54, 1.807) is 11.3 Å². The summed E-state index contributed by atoms with van der Waals surface area (Å²) in [6.07, 6.45) is 0. The van der Waals surface area contributed by atoms with Gasteiger partial charge in [0.2, 0.25) is 0 Å². The molecular weight excluding hydrogens is 264 g/mol. The Morgan fingerprint density at radius 1 is 0.950 bits per heavy atom. The molecule has 0 aliphatic heterocycles. The van der Waals surface area contributed by atoms with E-state index in [0.717, 1.165) is 16.1 Å². The lowest BCUT2D eigenvalue weighted by molar-refractivity contribution is 0.877. The van der Waals surface area contributed by atoms with Crippen molar-refractivity contribution in [3.63, 3.8) is 0 Å². The van der Waals surface area contributed by atoms with Crippen molar-refractivity contribution < 1.29 is 0 Å². The minimum Gasteiger partial charge on any atom is -0.320 e. The molecule has 3 rings (SSSR count). The van der Waals surface area contributed by atoms with Crippen LogP contribution in [0.5, 0.6) is 0 Å². The van der Waals surface area contributed by atoms with E-state index >= 15 is 0 Å². The van der Waals surface area contributed by atoms with Gasteiger partial charge in [0.25, 0.3) is 0 Å². The largest absolute Gasteiger partial charge is 0.320 e. The van der Waals surface area contributed by atoms with Gasteiger partial charge >= 0.3 is 0 Å². The SMILES string of the molecule is Cc1ncsc1C(N)c1ccc(-c2ccccc2)cc1. The van der Waals surface area contributed by atoms with Gasteiger partial charge in [0.05, 0.1) is 17.2 Å². The van der Waals surface area contributed by atoms with Gasteiger partial charge in [-0.2, -0.15) is 0 Å². The van der Waals surface area contributed by atoms with E-state index in [9.17, 15) is 0 Å². The summed E-state index contributed by atoms with van der Waals surface area (Å²) in [6, 6.07) is 18.7. The maximum absolute atomic E-state index is 6.32. The van der Waals surface area contributed by atoms with E-state index in [0.29, 0.717) is 0 Å². The van der Waals surface area contributed by atoms with Gasteiger partial charge in [0, 0.05) is 4.88 Å². The molecule has 0 fully saturated rings. The molecule has 1 atom stereocenters. The number of aryl methyl sites for hydroxylation is 1. The van der Waals surface area contributed by atoms with E-state index in [2.05, 4.69) is 53.5 Å². The molecule has 0 bridgehead atoms. The first-order valence-corrected chi connectivity index (χ1v) is 7.44. The number of benzene rings is 2. The maximum Gasteiger partial charge on any atom is 0.0798 e. The second-order valence-electron chi connectivity index (χ2n) is 4.77. The minimum absolute atomic E-state index is 0.0904. The molecule has 100 valence electrons. The van der Waals surface area contributed by atoms with E-state index < -0.39 is 0 Å². The maximum atomic E-state index is 6.32. The highest BCUT2D eigenvalue weighted by Gasteiger charge is 2.13. The number of hydrogen-bond donors (Lipinski definition) is 1. The van der Waals surface area contributed by atoms with Crippen LogP contribution >= 0.6 is 11.3 Å². The number of rotatable bonds is 3. The Labute approximate surface area is 122 Å². The van der Waals surface area contributed by atoms with Crippen LogP contribution in [-0.4, -0.2) is 4.98 Å². The summed E-state index contributed by atoms with van der Waals surface area (Å²) in [7, 11) is 0. The highest BCUT2D eigenvalue weighted by Crippen LogP contribution is 2.27. The van der Waals surface area contributed by atoms with Gasteiger partial charge in [-0.1, -0.05) is 54.6 Å². The fraction of sp³-hybridized carbons (Fsp3) is 0.118. The highest BCUT2D eigenvalue weighted by molar-refractivity contribution is 7.09. The predicted octanol–water partition coefficient (Wildman–Crippen LogP) is 4.17. The zero-order valence-electron chi connectivity index (χ0n) is 11.3. The number of hydrogen-bond acceptors (Lipinski definition) is 3. The van der Waals surface area contributed by atoms with Crippen molar-refractivity contribution in [2.75, 3.05) is 0 Å². The van der Waals surface area contributed by atoms with Gasteiger partial charge in [-0.3, -0.25) is 0 Å². The first-order chi connectivity index (χ1) is 9.75. The van der Waals surface area contributed by atoms with E-state index in [1.165, 1.54) is 11.1 Å². The highest BCUT2D eigenvalue weighted by atomic mass is 32.1. The average molecular weight is 280 g/mol. The predicted molar refractivity (Wildman–Crippen MR) is 84.8 cm³/mol. The fourth-order valence-electron chi connectivity index (χ4n) is 2.27. The molecule has 20 heavy (non-hydrogen) atoms. The molecule has 0 saturated heterocycles. The molecule has 2 N–H and O–H groups in total. The van der Waals surface area contributed by atoms with Crippen LogP contribution in [0.1, 0.15) is 22.2 Å². The third-order valence-electron chi connectivity index (χ3n) is 3.44. The van der Waals surface area contributed by atoms with Crippen LogP contribution in [0.15, 0.2) is 60.1 Å². The summed E-state index contributed by atoms with van der Waals surface area (Å²) in [4.78, 5) is 5.40. The topological polar surface area (TPSA) is 38.9 Å². The standard InChI is InChI=1S/C17H16N2S/c1-12-17(20-11-19-12)16(18)15-9-7-14(8-10-15)13-5-3-2-4-6-13/h2-11,16H,18H2,1H3. The average Bonchev–Trinajstić information content (AvgIpc) is 2.94. The Hall–Kier alpha value is -1.97. The Morgan fingerprint density at radius 2 is 1.60 bits per heavy atom. The number of aromatic nitrogens is 1. The Morgan fingerprint density at radius 3 is 2.20 bits per heavy atom. The monoisotopic (exact) mass is 280 g/mol. The smallest absolute Gasteiger partial charge is 0.0798 e.